The van der Waals surface area contributed by atoms with Crippen LogP contribution in [0.5, 0.6) is 0 Å². The Morgan fingerprint density at radius 2 is 1.85 bits per heavy atom. The molecule has 2 aliphatic carbocycles. The van der Waals surface area contributed by atoms with Crippen molar-refractivity contribution >= 4 is 0 Å². The molecule has 0 spiro atoms. The van der Waals surface area contributed by atoms with E-state index in [2.05, 4.69) is 20.4 Å². The molecule has 8 heteroatoms. The van der Waals surface area contributed by atoms with Gasteiger partial charge in [0.25, 0.3) is 0 Å². The molecule has 0 amide bonds. The first-order chi connectivity index (χ1) is 16.1. The Kier molecular flexibility index (Phi) is 9.36. The lowest BCUT2D eigenvalue weighted by Crippen LogP contribution is -2.60. The molecule has 3 fully saturated rings. The standard InChI is InChI=1S/C26H44O8/c1-16-5-8-20-25(2,15-33-24-23(32)22(31)21(30)19(14-29)34-24)10-4-11-26(20,3)18(16)7-6-17(13-28)9-12-27/h9,18-24,27-32H,1,4-8,10-15H2,2-3H3/b17-9+. The van der Waals surface area contributed by atoms with Crippen LogP contribution in [0, 0.1) is 22.7 Å². The van der Waals surface area contributed by atoms with Gasteiger partial charge in [-0.2, -0.15) is 0 Å². The number of ether oxygens (including phenoxy) is 2. The Morgan fingerprint density at radius 1 is 1.12 bits per heavy atom. The van der Waals surface area contributed by atoms with Gasteiger partial charge in [-0.15, -0.1) is 0 Å². The summed E-state index contributed by atoms with van der Waals surface area (Å²) in [7, 11) is 0. The molecule has 1 saturated heterocycles. The summed E-state index contributed by atoms with van der Waals surface area (Å²) in [6.07, 6.45) is 1.94. The SMILES string of the molecule is C=C1CCC2C(C)(COC3OC(CO)C(O)C(O)C3O)CCCC2(C)C1CC/C(=C\CO)CO. The third kappa shape index (κ3) is 5.44. The van der Waals surface area contributed by atoms with E-state index >= 15 is 0 Å². The normalized spacial score (nSPS) is 43.6. The molecule has 3 aliphatic rings. The highest BCUT2D eigenvalue weighted by Crippen LogP contribution is 2.62. The number of allylic oxidation sites excluding steroid dienone is 1. The summed E-state index contributed by atoms with van der Waals surface area (Å²) in [5, 5.41) is 58.8. The van der Waals surface area contributed by atoms with Gasteiger partial charge >= 0.3 is 0 Å². The zero-order valence-electron chi connectivity index (χ0n) is 20.6. The van der Waals surface area contributed by atoms with Gasteiger partial charge in [0.1, 0.15) is 24.4 Å². The van der Waals surface area contributed by atoms with Gasteiger partial charge in [0.05, 0.1) is 26.4 Å². The molecule has 0 aromatic heterocycles. The summed E-state index contributed by atoms with van der Waals surface area (Å²) in [5.41, 5.74) is 1.94. The van der Waals surface area contributed by atoms with Crippen molar-refractivity contribution < 1.29 is 40.1 Å². The summed E-state index contributed by atoms with van der Waals surface area (Å²) in [4.78, 5) is 0. The molecular weight excluding hydrogens is 440 g/mol. The number of hydrogen-bond acceptors (Lipinski definition) is 8. The van der Waals surface area contributed by atoms with E-state index in [0.717, 1.165) is 50.5 Å². The van der Waals surface area contributed by atoms with Crippen molar-refractivity contribution in [1.29, 1.82) is 0 Å². The molecule has 9 atom stereocenters. The average Bonchev–Trinajstić information content (AvgIpc) is 2.80. The summed E-state index contributed by atoms with van der Waals surface area (Å²) in [5.74, 6) is 0.653. The van der Waals surface area contributed by atoms with Crippen LogP contribution in [0.15, 0.2) is 23.8 Å². The van der Waals surface area contributed by atoms with Gasteiger partial charge in [-0.25, -0.2) is 0 Å². The molecule has 196 valence electrons. The van der Waals surface area contributed by atoms with E-state index < -0.39 is 37.3 Å². The van der Waals surface area contributed by atoms with Crippen molar-refractivity contribution in [3.05, 3.63) is 23.8 Å². The van der Waals surface area contributed by atoms with Gasteiger partial charge in [0.2, 0.25) is 0 Å². The first-order valence-electron chi connectivity index (χ1n) is 12.6. The molecular formula is C26H44O8. The van der Waals surface area contributed by atoms with Gasteiger partial charge in [-0.3, -0.25) is 0 Å². The Hall–Kier alpha value is -0.840. The second kappa shape index (κ2) is 11.5. The molecule has 3 rings (SSSR count). The van der Waals surface area contributed by atoms with Crippen molar-refractivity contribution in [3.8, 4) is 0 Å². The number of aliphatic hydroxyl groups excluding tert-OH is 6. The quantitative estimate of drug-likeness (QED) is 0.269. The van der Waals surface area contributed by atoms with Gasteiger partial charge < -0.3 is 40.1 Å². The molecule has 0 radical (unpaired) electrons. The molecule has 0 aromatic rings. The maximum Gasteiger partial charge on any atom is 0.186 e. The predicted molar refractivity (Wildman–Crippen MR) is 127 cm³/mol. The molecule has 8 nitrogen and oxygen atoms in total. The van der Waals surface area contributed by atoms with Crippen molar-refractivity contribution in [3.63, 3.8) is 0 Å². The summed E-state index contributed by atoms with van der Waals surface area (Å²) >= 11 is 0. The summed E-state index contributed by atoms with van der Waals surface area (Å²) in [6.45, 7) is 8.69. The third-order valence-corrected chi connectivity index (χ3v) is 8.91. The van der Waals surface area contributed by atoms with Crippen LogP contribution in [0.3, 0.4) is 0 Å². The average molecular weight is 485 g/mol. The minimum absolute atomic E-state index is 0.0147. The van der Waals surface area contributed by atoms with Crippen LogP contribution < -0.4 is 0 Å². The lowest BCUT2D eigenvalue weighted by molar-refractivity contribution is -0.309. The maximum absolute atomic E-state index is 10.4. The van der Waals surface area contributed by atoms with E-state index in [4.69, 9.17) is 9.47 Å². The molecule has 34 heavy (non-hydrogen) atoms. The van der Waals surface area contributed by atoms with Crippen molar-refractivity contribution in [2.75, 3.05) is 26.4 Å². The van der Waals surface area contributed by atoms with Crippen molar-refractivity contribution in [2.24, 2.45) is 22.7 Å². The highest BCUT2D eigenvalue weighted by molar-refractivity contribution is 5.17. The largest absolute Gasteiger partial charge is 0.394 e. The summed E-state index contributed by atoms with van der Waals surface area (Å²) < 4.78 is 11.6. The van der Waals surface area contributed by atoms with Gasteiger partial charge in [0.15, 0.2) is 6.29 Å². The fourth-order valence-electron chi connectivity index (χ4n) is 6.97. The van der Waals surface area contributed by atoms with Crippen LogP contribution >= 0.6 is 0 Å². The zero-order valence-corrected chi connectivity index (χ0v) is 20.6. The van der Waals surface area contributed by atoms with Crippen LogP contribution in [0.4, 0.5) is 0 Å². The number of hydrogen-bond donors (Lipinski definition) is 6. The lowest BCUT2D eigenvalue weighted by atomic mass is 9.47. The van der Waals surface area contributed by atoms with Gasteiger partial charge in [-0.1, -0.05) is 38.5 Å². The van der Waals surface area contributed by atoms with E-state index in [1.54, 1.807) is 6.08 Å². The van der Waals surface area contributed by atoms with E-state index in [9.17, 15) is 30.6 Å². The molecule has 6 N–H and O–H groups in total. The minimum atomic E-state index is -1.45. The zero-order chi connectivity index (χ0) is 25.1. The number of rotatable bonds is 9. The maximum atomic E-state index is 10.4. The van der Waals surface area contributed by atoms with Crippen molar-refractivity contribution in [1.82, 2.24) is 0 Å². The smallest absolute Gasteiger partial charge is 0.186 e. The van der Waals surface area contributed by atoms with Crippen LogP contribution in [0.1, 0.15) is 58.8 Å². The fraction of sp³-hybridized carbons (Fsp3) is 0.846. The number of fused-ring (bicyclic) bond motifs is 1. The third-order valence-electron chi connectivity index (χ3n) is 8.91. The highest BCUT2D eigenvalue weighted by atomic mass is 16.7. The molecule has 2 saturated carbocycles. The Balaban J connectivity index is 1.73. The first kappa shape index (κ1) is 27.7. The highest BCUT2D eigenvalue weighted by Gasteiger charge is 2.55. The van der Waals surface area contributed by atoms with E-state index in [0.29, 0.717) is 18.4 Å². The Morgan fingerprint density at radius 3 is 2.50 bits per heavy atom. The van der Waals surface area contributed by atoms with Gasteiger partial charge in [0, 0.05) is 0 Å². The molecule has 9 unspecified atom stereocenters. The van der Waals surface area contributed by atoms with Crippen LogP contribution in [-0.2, 0) is 9.47 Å². The Labute approximate surface area is 202 Å². The van der Waals surface area contributed by atoms with E-state index in [-0.39, 0.29) is 24.0 Å². The van der Waals surface area contributed by atoms with Gasteiger partial charge in [-0.05, 0) is 66.8 Å². The Bertz CT molecular complexity index is 724. The molecule has 0 aromatic carbocycles. The summed E-state index contributed by atoms with van der Waals surface area (Å²) in [6, 6.07) is 0. The topological polar surface area (TPSA) is 140 Å². The van der Waals surface area contributed by atoms with Crippen molar-refractivity contribution in [2.45, 2.75) is 89.5 Å². The monoisotopic (exact) mass is 484 g/mol. The van der Waals surface area contributed by atoms with Crippen LogP contribution in [0.25, 0.3) is 0 Å². The fourth-order valence-corrected chi connectivity index (χ4v) is 6.97. The van der Waals surface area contributed by atoms with Crippen LogP contribution in [0.2, 0.25) is 0 Å². The predicted octanol–water partition coefficient (Wildman–Crippen LogP) is 1.27. The molecule has 1 heterocycles. The number of aliphatic hydroxyl groups is 6. The molecule has 1 aliphatic heterocycles. The first-order valence-corrected chi connectivity index (χ1v) is 12.6. The van der Waals surface area contributed by atoms with E-state index in [1.165, 1.54) is 5.57 Å². The van der Waals surface area contributed by atoms with Crippen LogP contribution in [-0.4, -0.2) is 87.8 Å². The lowest BCUT2D eigenvalue weighted by Gasteiger charge is -2.59. The molecule has 0 bridgehead atoms. The second-order valence-electron chi connectivity index (χ2n) is 11.1. The second-order valence-corrected chi connectivity index (χ2v) is 11.1. The van der Waals surface area contributed by atoms with E-state index in [1.807, 2.05) is 0 Å². The minimum Gasteiger partial charge on any atom is -0.394 e.